The number of carboxylic acid groups (broad SMARTS) is 1. The fraction of sp³-hybridized carbons (Fsp3) is 0.833. The van der Waals surface area contributed by atoms with Crippen molar-refractivity contribution in [2.24, 2.45) is 0 Å². The number of aliphatic carboxylic acids is 1. The van der Waals surface area contributed by atoms with Crippen molar-refractivity contribution in [1.82, 2.24) is 10.2 Å². The van der Waals surface area contributed by atoms with E-state index in [0.717, 1.165) is 25.7 Å². The Hall–Kier alpha value is -1.30. The van der Waals surface area contributed by atoms with E-state index in [1.165, 1.54) is 6.42 Å². The molecule has 1 saturated carbocycles. The summed E-state index contributed by atoms with van der Waals surface area (Å²) in [6.45, 7) is 1.83. The molecule has 3 N–H and O–H groups in total. The average molecular weight is 258 g/mol. The van der Waals surface area contributed by atoms with E-state index in [-0.39, 0.29) is 6.04 Å². The Morgan fingerprint density at radius 3 is 2.39 bits per heavy atom. The molecule has 0 unspecified atom stereocenters. The number of carboxylic acids is 1. The van der Waals surface area contributed by atoms with Crippen LogP contribution in [0.3, 0.4) is 0 Å². The molecular formula is C12H22N2O4. The molecule has 0 aromatic carbocycles. The number of aliphatic hydroxyl groups excluding tert-OH is 1. The molecule has 6 nitrogen and oxygen atoms in total. The third-order valence-corrected chi connectivity index (χ3v) is 3.40. The highest BCUT2D eigenvalue weighted by Gasteiger charge is 2.27. The van der Waals surface area contributed by atoms with Gasteiger partial charge in [0, 0.05) is 12.6 Å². The van der Waals surface area contributed by atoms with Gasteiger partial charge in [-0.3, -0.25) is 0 Å². The summed E-state index contributed by atoms with van der Waals surface area (Å²) >= 11 is 0. The first-order valence-corrected chi connectivity index (χ1v) is 6.51. The minimum atomic E-state index is -1.23. The molecule has 1 rings (SSSR count). The summed E-state index contributed by atoms with van der Waals surface area (Å²) in [5.74, 6) is -1.22. The second-order valence-electron chi connectivity index (χ2n) is 4.60. The molecule has 0 radical (unpaired) electrons. The van der Waals surface area contributed by atoms with Crippen molar-refractivity contribution in [3.63, 3.8) is 0 Å². The predicted octanol–water partition coefficient (Wildman–Crippen LogP) is 0.796. The summed E-state index contributed by atoms with van der Waals surface area (Å²) < 4.78 is 0. The number of urea groups is 1. The van der Waals surface area contributed by atoms with Gasteiger partial charge in [0.2, 0.25) is 0 Å². The lowest BCUT2D eigenvalue weighted by molar-refractivity contribution is -0.140. The highest BCUT2D eigenvalue weighted by Crippen LogP contribution is 2.22. The summed E-state index contributed by atoms with van der Waals surface area (Å²) in [6, 6.07) is -1.43. The van der Waals surface area contributed by atoms with Crippen molar-refractivity contribution in [3.8, 4) is 0 Å². The first kappa shape index (κ1) is 14.8. The van der Waals surface area contributed by atoms with Gasteiger partial charge in [-0.2, -0.15) is 0 Å². The Balaban J connectivity index is 2.57. The zero-order chi connectivity index (χ0) is 13.5. The molecule has 0 saturated heterocycles. The monoisotopic (exact) mass is 258 g/mol. The third kappa shape index (κ3) is 3.87. The Labute approximate surface area is 107 Å². The first-order valence-electron chi connectivity index (χ1n) is 6.51. The minimum absolute atomic E-state index is 0.192. The van der Waals surface area contributed by atoms with Gasteiger partial charge in [-0.05, 0) is 19.8 Å². The van der Waals surface area contributed by atoms with E-state index in [4.69, 9.17) is 10.2 Å². The summed E-state index contributed by atoms with van der Waals surface area (Å²) in [5.41, 5.74) is 0. The quantitative estimate of drug-likeness (QED) is 0.680. The third-order valence-electron chi connectivity index (χ3n) is 3.40. The van der Waals surface area contributed by atoms with Crippen LogP contribution in [0, 0.1) is 0 Å². The largest absolute Gasteiger partial charge is 0.480 e. The number of rotatable bonds is 5. The molecule has 104 valence electrons. The molecule has 0 heterocycles. The van der Waals surface area contributed by atoms with Crippen LogP contribution in [0.2, 0.25) is 0 Å². The van der Waals surface area contributed by atoms with E-state index in [9.17, 15) is 9.59 Å². The van der Waals surface area contributed by atoms with Gasteiger partial charge in [-0.1, -0.05) is 19.3 Å². The van der Waals surface area contributed by atoms with Crippen LogP contribution in [0.1, 0.15) is 39.0 Å². The molecule has 1 fully saturated rings. The van der Waals surface area contributed by atoms with Crippen LogP contribution in [0.25, 0.3) is 0 Å². The summed E-state index contributed by atoms with van der Waals surface area (Å²) in [4.78, 5) is 24.4. The number of carbonyl (C=O) groups excluding carboxylic acids is 1. The van der Waals surface area contributed by atoms with Gasteiger partial charge in [-0.15, -0.1) is 0 Å². The fourth-order valence-corrected chi connectivity index (χ4v) is 2.38. The van der Waals surface area contributed by atoms with E-state index in [2.05, 4.69) is 5.32 Å². The van der Waals surface area contributed by atoms with Crippen molar-refractivity contribution >= 4 is 12.0 Å². The molecule has 0 aromatic heterocycles. The molecule has 6 heteroatoms. The van der Waals surface area contributed by atoms with Gasteiger partial charge in [0.15, 0.2) is 6.04 Å². The predicted molar refractivity (Wildman–Crippen MR) is 66.3 cm³/mol. The molecule has 1 aliphatic rings. The Bertz CT molecular complexity index is 290. The van der Waals surface area contributed by atoms with Gasteiger partial charge in [-0.25, -0.2) is 9.59 Å². The number of carbonyl (C=O) groups is 2. The maximum absolute atomic E-state index is 12.0. The molecule has 0 aliphatic heterocycles. The topological polar surface area (TPSA) is 89.9 Å². The number of hydrogen-bond acceptors (Lipinski definition) is 3. The van der Waals surface area contributed by atoms with Crippen molar-refractivity contribution < 1.29 is 19.8 Å². The van der Waals surface area contributed by atoms with Crippen LogP contribution >= 0.6 is 0 Å². The van der Waals surface area contributed by atoms with Crippen LogP contribution in [-0.2, 0) is 4.79 Å². The van der Waals surface area contributed by atoms with E-state index >= 15 is 0 Å². The Morgan fingerprint density at radius 1 is 1.33 bits per heavy atom. The number of aliphatic hydroxyl groups is 1. The van der Waals surface area contributed by atoms with Gasteiger partial charge < -0.3 is 20.4 Å². The number of nitrogens with zero attached hydrogens (tertiary/aromatic N) is 1. The van der Waals surface area contributed by atoms with Gasteiger partial charge in [0.05, 0.1) is 6.61 Å². The van der Waals surface area contributed by atoms with E-state index in [1.807, 2.05) is 6.92 Å². The lowest BCUT2D eigenvalue weighted by Crippen LogP contribution is -2.52. The van der Waals surface area contributed by atoms with Crippen LogP contribution in [-0.4, -0.2) is 52.3 Å². The summed E-state index contributed by atoms with van der Waals surface area (Å²) in [5, 5.41) is 20.0. The number of amides is 2. The second kappa shape index (κ2) is 7.20. The summed E-state index contributed by atoms with van der Waals surface area (Å²) in [6.07, 6.45) is 5.36. The Morgan fingerprint density at radius 2 is 1.94 bits per heavy atom. The zero-order valence-corrected chi connectivity index (χ0v) is 10.8. The molecule has 18 heavy (non-hydrogen) atoms. The number of nitrogens with one attached hydrogen (secondary N) is 1. The SMILES string of the molecule is CCN(C(=O)N[C@H](CO)C(=O)O)C1CCCCC1. The maximum atomic E-state index is 12.0. The van der Waals surface area contributed by atoms with Crippen LogP contribution < -0.4 is 5.32 Å². The van der Waals surface area contributed by atoms with Crippen molar-refractivity contribution in [1.29, 1.82) is 0 Å². The number of hydrogen-bond donors (Lipinski definition) is 3. The second-order valence-corrected chi connectivity index (χ2v) is 4.60. The molecule has 0 bridgehead atoms. The van der Waals surface area contributed by atoms with Gasteiger partial charge in [0.1, 0.15) is 0 Å². The standard InChI is InChI=1S/C12H22N2O4/c1-2-14(9-6-4-3-5-7-9)12(18)13-10(8-15)11(16)17/h9-10,15H,2-8H2,1H3,(H,13,18)(H,16,17)/t10-/m1/s1. The minimum Gasteiger partial charge on any atom is -0.480 e. The Kier molecular flexibility index (Phi) is 5.91. The van der Waals surface area contributed by atoms with Crippen LogP contribution in [0.15, 0.2) is 0 Å². The van der Waals surface area contributed by atoms with Gasteiger partial charge in [0.25, 0.3) is 0 Å². The maximum Gasteiger partial charge on any atom is 0.328 e. The van der Waals surface area contributed by atoms with Crippen molar-refractivity contribution in [2.45, 2.75) is 51.1 Å². The van der Waals surface area contributed by atoms with E-state index < -0.39 is 24.6 Å². The lowest BCUT2D eigenvalue weighted by Gasteiger charge is -2.34. The molecule has 2 amide bonds. The van der Waals surface area contributed by atoms with Gasteiger partial charge >= 0.3 is 12.0 Å². The molecule has 0 aromatic rings. The fourth-order valence-electron chi connectivity index (χ4n) is 2.38. The smallest absolute Gasteiger partial charge is 0.328 e. The van der Waals surface area contributed by atoms with Crippen molar-refractivity contribution in [2.75, 3.05) is 13.2 Å². The average Bonchev–Trinajstić information content (AvgIpc) is 2.37. The van der Waals surface area contributed by atoms with E-state index in [0.29, 0.717) is 6.54 Å². The highest BCUT2D eigenvalue weighted by atomic mass is 16.4. The normalized spacial score (nSPS) is 18.1. The molecule has 1 atom stereocenters. The zero-order valence-electron chi connectivity index (χ0n) is 10.8. The lowest BCUT2D eigenvalue weighted by atomic mass is 9.94. The molecule has 0 spiro atoms. The van der Waals surface area contributed by atoms with Crippen LogP contribution in [0.5, 0.6) is 0 Å². The van der Waals surface area contributed by atoms with E-state index in [1.54, 1.807) is 4.90 Å². The molecular weight excluding hydrogens is 236 g/mol. The van der Waals surface area contributed by atoms with Crippen molar-refractivity contribution in [3.05, 3.63) is 0 Å². The highest BCUT2D eigenvalue weighted by molar-refractivity contribution is 5.82. The first-order chi connectivity index (χ1) is 8.60. The molecule has 1 aliphatic carbocycles. The van der Waals surface area contributed by atoms with Crippen LogP contribution in [0.4, 0.5) is 4.79 Å². The summed E-state index contributed by atoms with van der Waals surface area (Å²) in [7, 11) is 0.